The Morgan fingerprint density at radius 1 is 1.16 bits per heavy atom. The van der Waals surface area contributed by atoms with Crippen LogP contribution in [0, 0.1) is 5.92 Å². The van der Waals surface area contributed by atoms with Gasteiger partial charge in [-0.1, -0.05) is 6.07 Å². The third-order valence-corrected chi connectivity index (χ3v) is 5.89. The molecule has 4 rings (SSSR count). The number of rotatable bonds is 5. The molecule has 1 atom stereocenters. The third kappa shape index (κ3) is 4.58. The molecule has 2 aromatic rings. The van der Waals surface area contributed by atoms with Crippen LogP contribution in [0.4, 0.5) is 19.0 Å². The van der Waals surface area contributed by atoms with Crippen LogP contribution in [0.5, 0.6) is 11.5 Å². The van der Waals surface area contributed by atoms with Crippen molar-refractivity contribution in [2.75, 3.05) is 32.0 Å². The zero-order valence-corrected chi connectivity index (χ0v) is 16.9. The van der Waals surface area contributed by atoms with Gasteiger partial charge in [0, 0.05) is 19.3 Å². The van der Waals surface area contributed by atoms with Crippen LogP contribution < -0.4 is 20.9 Å². The van der Waals surface area contributed by atoms with Crippen molar-refractivity contribution in [1.82, 2.24) is 9.47 Å². The molecular weight excluding hydrogens is 413 g/mol. The summed E-state index contributed by atoms with van der Waals surface area (Å²) < 4.78 is 52.9. The first-order valence-corrected chi connectivity index (χ1v) is 10.2. The lowest BCUT2D eigenvalue weighted by molar-refractivity contribution is -0.140. The smallest absolute Gasteiger partial charge is 0.420 e. The second-order valence-corrected chi connectivity index (χ2v) is 8.06. The van der Waals surface area contributed by atoms with Crippen molar-refractivity contribution in [3.05, 3.63) is 41.6 Å². The Balaban J connectivity index is 1.32. The summed E-state index contributed by atoms with van der Waals surface area (Å²) >= 11 is 0. The first kappa shape index (κ1) is 21.4. The Kier molecular flexibility index (Phi) is 5.74. The minimum atomic E-state index is -4.50. The van der Waals surface area contributed by atoms with E-state index in [0.717, 1.165) is 32.0 Å². The third-order valence-electron chi connectivity index (χ3n) is 5.89. The second kappa shape index (κ2) is 8.33. The molecule has 2 aliphatic rings. The fourth-order valence-electron chi connectivity index (χ4n) is 4.22. The first-order valence-electron chi connectivity index (χ1n) is 10.2. The fraction of sp³-hybridized carbons (Fsp3) is 0.476. The molecule has 3 heterocycles. The monoisotopic (exact) mass is 438 g/mol. The zero-order valence-electron chi connectivity index (χ0n) is 16.9. The average Bonchev–Trinajstić information content (AvgIpc) is 3.08. The normalized spacial score (nSPS) is 20.0. The molecule has 2 aliphatic heterocycles. The van der Waals surface area contributed by atoms with E-state index in [1.165, 1.54) is 12.1 Å². The molecule has 4 N–H and O–H groups in total. The highest BCUT2D eigenvalue weighted by Crippen LogP contribution is 2.43. The summed E-state index contributed by atoms with van der Waals surface area (Å²) in [5.74, 6) is 0.115. The number of nitrogens with two attached hydrogens (primary N) is 2. The molecule has 31 heavy (non-hydrogen) atoms. The number of carbonyl (C=O) groups excluding carboxylic acids is 1. The van der Waals surface area contributed by atoms with Crippen LogP contribution >= 0.6 is 0 Å². The second-order valence-electron chi connectivity index (χ2n) is 8.06. The van der Waals surface area contributed by atoms with Gasteiger partial charge in [-0.2, -0.15) is 13.2 Å². The quantitative estimate of drug-likeness (QED) is 0.749. The van der Waals surface area contributed by atoms with Crippen molar-refractivity contribution >= 4 is 11.7 Å². The molecule has 1 unspecified atom stereocenters. The van der Waals surface area contributed by atoms with Gasteiger partial charge in [-0.25, -0.2) is 0 Å². The van der Waals surface area contributed by atoms with E-state index in [2.05, 4.69) is 4.90 Å². The van der Waals surface area contributed by atoms with Crippen LogP contribution in [-0.2, 0) is 12.7 Å². The Morgan fingerprint density at radius 3 is 2.55 bits per heavy atom. The highest BCUT2D eigenvalue weighted by Gasteiger charge is 2.38. The number of likely N-dealkylation sites (tertiary alicyclic amines) is 1. The number of anilines is 1. The lowest BCUT2D eigenvalue weighted by atomic mass is 9.96. The number of aromatic nitrogens is 1. The molecule has 0 spiro atoms. The van der Waals surface area contributed by atoms with E-state index in [0.29, 0.717) is 30.4 Å². The van der Waals surface area contributed by atoms with E-state index in [-0.39, 0.29) is 18.1 Å². The van der Waals surface area contributed by atoms with Gasteiger partial charge < -0.3 is 25.5 Å². The Hall–Kier alpha value is -2.88. The molecule has 1 amide bonds. The largest absolute Gasteiger partial charge is 0.486 e. The topological polar surface area (TPSA) is 95.7 Å². The Bertz CT molecular complexity index is 952. The summed E-state index contributed by atoms with van der Waals surface area (Å²) in [6, 6.07) is 5.44. The van der Waals surface area contributed by atoms with Gasteiger partial charge >= 0.3 is 6.18 Å². The molecule has 0 radical (unpaired) electrons. The number of nitrogen functional groups attached to an aromatic ring is 1. The number of fused-ring (bicyclic) bond motifs is 1. The molecule has 1 fully saturated rings. The fourth-order valence-corrected chi connectivity index (χ4v) is 4.22. The number of hydrogen-bond acceptors (Lipinski definition) is 5. The first-order chi connectivity index (χ1) is 14.7. The summed E-state index contributed by atoms with van der Waals surface area (Å²) in [7, 11) is 0. The number of ether oxygens (including phenoxy) is 2. The molecule has 168 valence electrons. The van der Waals surface area contributed by atoms with E-state index >= 15 is 0 Å². The van der Waals surface area contributed by atoms with Gasteiger partial charge in [0.05, 0.1) is 5.56 Å². The molecule has 7 nitrogen and oxygen atoms in total. The van der Waals surface area contributed by atoms with Gasteiger partial charge in [-0.3, -0.25) is 9.69 Å². The average molecular weight is 438 g/mol. The molecule has 1 aromatic carbocycles. The van der Waals surface area contributed by atoms with Gasteiger partial charge in [-0.05, 0) is 50.0 Å². The maximum absolute atomic E-state index is 13.3. The molecule has 10 heteroatoms. The molecule has 1 saturated heterocycles. The molecule has 1 aromatic heterocycles. The van der Waals surface area contributed by atoms with Gasteiger partial charge in [-0.15, -0.1) is 0 Å². The number of para-hydroxylation sites is 1. The van der Waals surface area contributed by atoms with Crippen molar-refractivity contribution in [3.63, 3.8) is 0 Å². The van der Waals surface area contributed by atoms with Crippen molar-refractivity contribution in [1.29, 1.82) is 0 Å². The van der Waals surface area contributed by atoms with Gasteiger partial charge in [0.2, 0.25) is 0 Å². The van der Waals surface area contributed by atoms with Crippen LogP contribution in [-0.4, -0.2) is 47.7 Å². The highest BCUT2D eigenvalue weighted by molar-refractivity contribution is 5.97. The predicted octanol–water partition coefficient (Wildman–Crippen LogP) is 2.74. The van der Waals surface area contributed by atoms with Crippen molar-refractivity contribution in [2.45, 2.75) is 31.7 Å². The Morgan fingerprint density at radius 2 is 1.90 bits per heavy atom. The van der Waals surface area contributed by atoms with E-state index in [1.54, 1.807) is 12.3 Å². The molecule has 0 aliphatic carbocycles. The lowest BCUT2D eigenvalue weighted by Gasteiger charge is -2.36. The maximum Gasteiger partial charge on any atom is 0.420 e. The molecule has 0 bridgehead atoms. The molecule has 0 saturated carbocycles. The number of amides is 1. The van der Waals surface area contributed by atoms with E-state index in [4.69, 9.17) is 20.9 Å². The van der Waals surface area contributed by atoms with Gasteiger partial charge in [0.1, 0.15) is 24.1 Å². The van der Waals surface area contributed by atoms with Crippen molar-refractivity contribution < 1.29 is 27.4 Å². The number of benzene rings is 1. The van der Waals surface area contributed by atoms with Crippen LogP contribution in [0.15, 0.2) is 30.5 Å². The number of alkyl halides is 3. The van der Waals surface area contributed by atoms with Crippen molar-refractivity contribution in [2.24, 2.45) is 11.7 Å². The number of hydrogen-bond donors (Lipinski definition) is 2. The summed E-state index contributed by atoms with van der Waals surface area (Å²) in [6.07, 6.45) is -1.39. The predicted molar refractivity (Wildman–Crippen MR) is 108 cm³/mol. The van der Waals surface area contributed by atoms with Crippen molar-refractivity contribution in [3.8, 4) is 11.5 Å². The standard InChI is InChI=1S/C21H25F3N4O3/c22-21(23,24)16-2-1-3-17-18(16)31-14(12-30-17)11-27-7-4-13(5-8-27)10-28-9-6-15(19(28)25)20(26)29/h1-3,6,9,13-14H,4-5,7-8,10-12,25H2,(H2,26,29). The van der Waals surface area contributed by atoms with Gasteiger partial charge in [0.15, 0.2) is 11.5 Å². The van der Waals surface area contributed by atoms with E-state index < -0.39 is 23.8 Å². The number of primary amides is 1. The summed E-state index contributed by atoms with van der Waals surface area (Å²) in [5, 5.41) is 0. The summed E-state index contributed by atoms with van der Waals surface area (Å²) in [4.78, 5) is 13.5. The number of piperidine rings is 1. The number of nitrogens with zero attached hydrogens (tertiary/aromatic N) is 2. The summed E-state index contributed by atoms with van der Waals surface area (Å²) in [5.41, 5.74) is 10.8. The SMILES string of the molecule is NC(=O)c1ccn(CC2CCN(CC3COc4cccc(C(F)(F)F)c4O3)CC2)c1N. The highest BCUT2D eigenvalue weighted by atomic mass is 19.4. The molecular formula is C21H25F3N4O3. The van der Waals surface area contributed by atoms with E-state index in [1.807, 2.05) is 4.57 Å². The minimum Gasteiger partial charge on any atom is -0.486 e. The van der Waals surface area contributed by atoms with Crippen LogP contribution in [0.25, 0.3) is 0 Å². The number of halogens is 3. The van der Waals surface area contributed by atoms with Crippen LogP contribution in [0.3, 0.4) is 0 Å². The van der Waals surface area contributed by atoms with Crippen LogP contribution in [0.1, 0.15) is 28.8 Å². The summed E-state index contributed by atoms with van der Waals surface area (Å²) in [6.45, 7) is 2.99. The minimum absolute atomic E-state index is 0.129. The zero-order chi connectivity index (χ0) is 22.2. The van der Waals surface area contributed by atoms with Crippen LogP contribution in [0.2, 0.25) is 0 Å². The van der Waals surface area contributed by atoms with Gasteiger partial charge in [0.25, 0.3) is 5.91 Å². The number of carbonyl (C=O) groups is 1. The maximum atomic E-state index is 13.3. The Labute approximate surface area is 177 Å². The lowest BCUT2D eigenvalue weighted by Crippen LogP contribution is -2.44. The van der Waals surface area contributed by atoms with E-state index in [9.17, 15) is 18.0 Å².